The number of aromatic hydroxyl groups is 3. The molecule has 39 heteroatoms. The average Bonchev–Trinajstić information content (AvgIpc) is 1.12. The number of primary amides is 1. The number of carboxylic acid groups (broad SMARTS) is 1. The second-order valence-electron chi connectivity index (χ2n) is 32.6. The van der Waals surface area contributed by atoms with Gasteiger partial charge in [-0.3, -0.25) is 33.6 Å². The molecule has 35 nitrogen and oxygen atoms in total. The van der Waals surface area contributed by atoms with Gasteiger partial charge in [-0.05, 0) is 159 Å². The van der Waals surface area contributed by atoms with Crippen LogP contribution in [0.15, 0.2) is 115 Å². The minimum atomic E-state index is -2.33. The number of carboxylic acids is 1. The summed E-state index contributed by atoms with van der Waals surface area (Å²) in [6.07, 6.45) is -29.5. The third-order valence-electron chi connectivity index (χ3n) is 23.0. The Balaban J connectivity index is 0.967. The highest BCUT2D eigenvalue weighted by Gasteiger charge is 2.53. The van der Waals surface area contributed by atoms with Gasteiger partial charge in [-0.25, -0.2) is 4.79 Å². The summed E-state index contributed by atoms with van der Waals surface area (Å²) in [6, 6.07) is 15.6. The molecule has 3 fully saturated rings. The van der Waals surface area contributed by atoms with Crippen LogP contribution in [0, 0.1) is 11.8 Å². The molecule has 7 aromatic rings. The number of hydrogen-bond donors (Lipinski definition) is 19. The number of aryl methyl sites for hydroxylation is 1. The van der Waals surface area contributed by atoms with Crippen LogP contribution in [0.4, 0.5) is 0 Å². The molecule has 3 saturated heterocycles. The lowest BCUT2D eigenvalue weighted by molar-refractivity contribution is -0.351. The van der Waals surface area contributed by atoms with Crippen molar-refractivity contribution >= 4 is 93.2 Å². The predicted octanol–water partition coefficient (Wildman–Crippen LogP) is 5.32. The molecule has 8 aliphatic heterocycles. The van der Waals surface area contributed by atoms with E-state index in [0.717, 1.165) is 63.8 Å². The Hall–Kier alpha value is -9.75. The summed E-state index contributed by atoms with van der Waals surface area (Å²) < 4.78 is 51.5. The summed E-state index contributed by atoms with van der Waals surface area (Å²) in [5.41, 5.74) is 9.44. The summed E-state index contributed by atoms with van der Waals surface area (Å²) in [4.78, 5) is 123. The fourth-order valence-electron chi connectivity index (χ4n) is 16.3. The largest absolute Gasteiger partial charge is 0.508 e. The number of amides is 5. The third-order valence-corrected chi connectivity index (χ3v) is 25.0. The molecule has 1 aromatic heterocycles. The van der Waals surface area contributed by atoms with E-state index in [-0.39, 0.29) is 52.6 Å². The lowest BCUT2D eigenvalue weighted by atomic mass is 9.84. The van der Waals surface area contributed by atoms with Gasteiger partial charge >= 0.3 is 5.97 Å². The van der Waals surface area contributed by atoms with Crippen molar-refractivity contribution in [3.63, 3.8) is 0 Å². The molecule has 0 spiro atoms. The van der Waals surface area contributed by atoms with Gasteiger partial charge in [0.1, 0.15) is 102 Å². The molecular formula is C86H96Cl3N7O28S. The number of rotatable bonds is 20. The quantitative estimate of drug-likeness (QED) is 0.0459. The number of thiophene rings is 1. The van der Waals surface area contributed by atoms with Gasteiger partial charge in [0.05, 0.1) is 52.8 Å². The molecule has 9 heterocycles. The molecule has 15 rings (SSSR count). The number of phenols is 3. The van der Waals surface area contributed by atoms with Crippen LogP contribution in [0.25, 0.3) is 21.6 Å². The first kappa shape index (κ1) is 92.9. The Kier molecular flexibility index (Phi) is 28.9. The van der Waals surface area contributed by atoms with Gasteiger partial charge in [-0.1, -0.05) is 79.0 Å². The summed E-state index contributed by atoms with van der Waals surface area (Å²) in [6.45, 7) is 5.51. The van der Waals surface area contributed by atoms with E-state index in [1.807, 2.05) is 38.1 Å². The minimum absolute atomic E-state index is 0.0924. The highest BCUT2D eigenvalue weighted by atomic mass is 35.5. The van der Waals surface area contributed by atoms with Gasteiger partial charge in [0.25, 0.3) is 0 Å². The maximum absolute atomic E-state index is 16.6. The van der Waals surface area contributed by atoms with Crippen LogP contribution in [0.5, 0.6) is 46.0 Å². The number of carbonyl (C=O) groups is 8. The Labute approximate surface area is 733 Å². The van der Waals surface area contributed by atoms with Gasteiger partial charge in [0.15, 0.2) is 41.7 Å². The number of phenolic OH excluding ortho intramolecular Hbond substituents is 3. The summed E-state index contributed by atoms with van der Waals surface area (Å²) in [7, 11) is 1.48. The molecule has 5 amide bonds. The van der Waals surface area contributed by atoms with Gasteiger partial charge in [0, 0.05) is 68.8 Å². The molecule has 6 aromatic carbocycles. The first-order valence-electron chi connectivity index (χ1n) is 40.2. The van der Waals surface area contributed by atoms with E-state index < -0.39 is 280 Å². The number of carbonyl (C=O) groups excluding carboxylic acids is 7. The van der Waals surface area contributed by atoms with Crippen LogP contribution in [0.3, 0.4) is 0 Å². The fourth-order valence-corrected chi connectivity index (χ4v) is 18.0. The van der Waals surface area contributed by atoms with E-state index in [1.165, 1.54) is 62.6 Å². The van der Waals surface area contributed by atoms with Crippen molar-refractivity contribution in [1.82, 2.24) is 26.6 Å². The van der Waals surface area contributed by atoms with E-state index in [4.69, 9.17) is 84.2 Å². The van der Waals surface area contributed by atoms with Crippen molar-refractivity contribution in [1.29, 1.82) is 0 Å². The number of nitrogens with two attached hydrogens (primary N) is 2. The number of fused-ring (bicyclic) bond motifs is 15. The van der Waals surface area contributed by atoms with Gasteiger partial charge in [0.2, 0.25) is 41.6 Å². The number of nitrogens with one attached hydrogen (secondary N) is 5. The lowest BCUT2D eigenvalue weighted by Gasteiger charge is -2.46. The number of halogens is 3. The summed E-state index contributed by atoms with van der Waals surface area (Å²) in [5.74, 6) is -19.3. The highest BCUT2D eigenvalue weighted by Crippen LogP contribution is 2.51. The smallest absolute Gasteiger partial charge is 0.330 e. The molecule has 0 aliphatic carbocycles. The number of ether oxygens (including phenoxy) is 8. The monoisotopic (exact) mass is 1810 g/mol. The van der Waals surface area contributed by atoms with Crippen LogP contribution in [-0.2, 0) is 68.5 Å². The van der Waals surface area contributed by atoms with Gasteiger partial charge in [-0.15, -0.1) is 11.3 Å². The normalized spacial score (nSPS) is 29.9. The molecule has 0 saturated carbocycles. The van der Waals surface area contributed by atoms with Crippen molar-refractivity contribution in [3.8, 4) is 67.6 Å². The Morgan fingerprint density at radius 1 is 0.680 bits per heavy atom. The Morgan fingerprint density at radius 3 is 1.98 bits per heavy atom. The van der Waals surface area contributed by atoms with Crippen LogP contribution >= 0.6 is 46.1 Å². The van der Waals surface area contributed by atoms with E-state index in [1.54, 1.807) is 12.1 Å². The van der Waals surface area contributed by atoms with E-state index in [2.05, 4.69) is 26.6 Å². The number of likely N-dealkylation sites (N-methyl/N-ethyl adjacent to an activating group) is 1. The highest BCUT2D eigenvalue weighted by molar-refractivity contribution is 7.15. The first-order chi connectivity index (χ1) is 59.3. The third kappa shape index (κ3) is 20.5. The number of Topliss-reactive ketones (excluding diaryl/α,β-unsaturated/α-hetero) is 2. The average molecular weight is 1810 g/mol. The first-order valence-corrected chi connectivity index (χ1v) is 42.2. The summed E-state index contributed by atoms with van der Waals surface area (Å²) in [5, 5.41) is 153. The second kappa shape index (κ2) is 38.8. The standard InChI is InChI=1S/C86H96Cl3N7O28S/c1-34(2)21-50(92-5)81(113)95-67-53(101)25-41(28-62(90)103)79(111)93-65-40-26-58(118-55-18-12-38(69(67)104)23-48(55)88)76(123-85-74(109)72(107)77(60(33-97)121-85)124-84-73(108)71(106)70(105)57(120-84)8-6-7-44-16-20-61(125-44)36-9-14-42(87)15-10-36)59(27-40)119-56-19-13-39(24-49(56)89)75(122-63-32-86(4,91)78(110)35(3)117-63)68-82(114)94-66(83(115)116)47-29-43(98)30-52(100)64(47)46-22-37(11-17-51(46)99)45(31-54(65)102)80(112)96-68/h9-20,22-24,26-27,29-30,34-35,41,45,50,57,60,63,65-75,77-78,84-85,92,97-100,104-110H,6-8,21,25,28,31-33,91H2,1-5H3,(H2,90,103)(H,93,111)(H,94,114)(H,95,113)(H,96,112)(H,115,116)/t35-,41-,45+,50+,57+,60+,63-,65+,66+,67-,68?,69+,70-,71-,72+,73+,74+,75?,77+,78-,84?,85?,86-/m0/s1. The zero-order chi connectivity index (χ0) is 90.2. The van der Waals surface area contributed by atoms with Crippen LogP contribution in [0.1, 0.15) is 136 Å². The van der Waals surface area contributed by atoms with Crippen molar-refractivity contribution < 1.29 is 138 Å². The molecule has 670 valence electrons. The number of aliphatic hydroxyl groups is 8. The Bertz CT molecular complexity index is 5220. The molecular weight excluding hydrogens is 1720 g/mol. The number of benzene rings is 6. The van der Waals surface area contributed by atoms with E-state index >= 15 is 24.0 Å². The van der Waals surface area contributed by atoms with Gasteiger partial charge in [-0.2, -0.15) is 0 Å². The molecule has 125 heavy (non-hydrogen) atoms. The molecule has 11 bridgehead atoms. The zero-order valence-electron chi connectivity index (χ0n) is 67.7. The van der Waals surface area contributed by atoms with E-state index in [0.29, 0.717) is 17.9 Å². The van der Waals surface area contributed by atoms with Crippen molar-refractivity contribution in [2.45, 2.75) is 213 Å². The maximum atomic E-state index is 16.6. The van der Waals surface area contributed by atoms with Crippen molar-refractivity contribution in [3.05, 3.63) is 163 Å². The van der Waals surface area contributed by atoms with Crippen molar-refractivity contribution in [2.75, 3.05) is 13.7 Å². The predicted molar refractivity (Wildman–Crippen MR) is 445 cm³/mol. The summed E-state index contributed by atoms with van der Waals surface area (Å²) >= 11 is 22.2. The fraction of sp³-hybridized carbons (Fsp3) is 0.442. The van der Waals surface area contributed by atoms with Gasteiger partial charge < -0.3 is 137 Å². The zero-order valence-corrected chi connectivity index (χ0v) is 70.8. The number of ketones is 2. The number of hydrogen-bond acceptors (Lipinski definition) is 30. The molecule has 0 radical (unpaired) electrons. The number of aliphatic carboxylic acids is 1. The van der Waals surface area contributed by atoms with Crippen molar-refractivity contribution in [2.24, 2.45) is 23.3 Å². The SMILES string of the molecule is CN[C@H](CC(C)C)C(=O)N[C@H]1C(=O)C[C@@H](CC(N)=O)C(=O)N[C@H]2C(=O)C[C@H]3C(=O)NC(C(=O)N[C@@H](C(=O)O)c4cc(O)cc(O)c4-c4cc3ccc4O)C(O[C@H]3C[C@](C)(N)[C@@H](O)[C@H](C)O3)c3ccc(c(Cl)c3)Oc3cc2cc(c3OC2O[C@H](CO)[C@@H](OC3O[C@H](CCCc4ccc(-c5ccc(Cl)cc5)s4)[C@H](O)[C@H](O)[C@H]3O)[C@H](O)[C@H]2O)Oc2ccc(cc2Cl)[C@H]1O. The van der Waals surface area contributed by atoms with E-state index in [9.17, 15) is 75.7 Å². The second-order valence-corrected chi connectivity index (χ2v) is 35.0. The van der Waals surface area contributed by atoms with Crippen LogP contribution in [0.2, 0.25) is 15.1 Å². The molecule has 4 unspecified atom stereocenters. The van der Waals surface area contributed by atoms with Crippen LogP contribution < -0.4 is 52.3 Å². The molecule has 23 atom stereocenters. The topological polar surface area (TPSA) is 565 Å². The number of aliphatic hydroxyl groups excluding tert-OH is 8. The minimum Gasteiger partial charge on any atom is -0.508 e. The molecule has 21 N–H and O–H groups in total. The maximum Gasteiger partial charge on any atom is 0.330 e. The lowest BCUT2D eigenvalue weighted by Crippen LogP contribution is -2.64. The molecule has 8 aliphatic rings. The Morgan fingerprint density at radius 2 is 1.34 bits per heavy atom. The van der Waals surface area contributed by atoms with Crippen LogP contribution in [-0.4, -0.2) is 226 Å².